The lowest BCUT2D eigenvalue weighted by molar-refractivity contribution is -0.191. The van der Waals surface area contributed by atoms with Gasteiger partial charge < -0.3 is 10.5 Å². The van der Waals surface area contributed by atoms with Crippen LogP contribution in [0.4, 0.5) is 13.2 Å². The molecular formula is C10H12F3NO. The van der Waals surface area contributed by atoms with Crippen molar-refractivity contribution in [2.24, 2.45) is 5.73 Å². The Hall–Kier alpha value is -1.23. The quantitative estimate of drug-likeness (QED) is 0.846. The zero-order chi connectivity index (χ0) is 11.5. The van der Waals surface area contributed by atoms with E-state index in [9.17, 15) is 13.2 Å². The fourth-order valence-electron chi connectivity index (χ4n) is 1.03. The number of hydrogen-bond acceptors (Lipinski definition) is 2. The predicted octanol–water partition coefficient (Wildman–Crippen LogP) is 2.26. The van der Waals surface area contributed by atoms with Crippen LogP contribution in [0.5, 0.6) is 5.75 Å². The standard InChI is InChI=1S/C10H12F3NO/c1-7-2-4-8(5-3-7)15-9(6-14)10(11,12)13/h2-5,9H,6,14H2,1H3. The molecule has 1 atom stereocenters. The lowest BCUT2D eigenvalue weighted by Crippen LogP contribution is -2.40. The van der Waals surface area contributed by atoms with E-state index in [4.69, 9.17) is 10.5 Å². The number of alkyl halides is 3. The van der Waals surface area contributed by atoms with Gasteiger partial charge in [0.05, 0.1) is 0 Å². The Balaban J connectivity index is 2.71. The van der Waals surface area contributed by atoms with Crippen LogP contribution in [0.25, 0.3) is 0 Å². The SMILES string of the molecule is Cc1ccc(OC(CN)C(F)(F)F)cc1. The van der Waals surface area contributed by atoms with Crippen molar-refractivity contribution in [2.45, 2.75) is 19.2 Å². The Kier molecular flexibility index (Phi) is 3.57. The smallest absolute Gasteiger partial charge is 0.426 e. The molecular weight excluding hydrogens is 207 g/mol. The molecule has 0 amide bonds. The van der Waals surface area contributed by atoms with Crippen LogP contribution in [0.15, 0.2) is 24.3 Å². The van der Waals surface area contributed by atoms with Gasteiger partial charge in [-0.1, -0.05) is 17.7 Å². The summed E-state index contributed by atoms with van der Waals surface area (Å²) in [5, 5.41) is 0. The normalized spacial score (nSPS) is 13.7. The molecule has 0 heterocycles. The molecule has 0 spiro atoms. The summed E-state index contributed by atoms with van der Waals surface area (Å²) in [6.07, 6.45) is -6.38. The lowest BCUT2D eigenvalue weighted by atomic mass is 10.2. The monoisotopic (exact) mass is 219 g/mol. The number of aryl methyl sites for hydroxylation is 1. The highest BCUT2D eigenvalue weighted by molar-refractivity contribution is 5.26. The van der Waals surface area contributed by atoms with Crippen LogP contribution in [0, 0.1) is 6.92 Å². The van der Waals surface area contributed by atoms with Gasteiger partial charge in [0.25, 0.3) is 0 Å². The predicted molar refractivity (Wildman–Crippen MR) is 50.7 cm³/mol. The van der Waals surface area contributed by atoms with E-state index in [1.54, 1.807) is 12.1 Å². The van der Waals surface area contributed by atoms with E-state index in [1.807, 2.05) is 6.92 Å². The minimum absolute atomic E-state index is 0.174. The number of nitrogens with two attached hydrogens (primary N) is 1. The van der Waals surface area contributed by atoms with Crippen molar-refractivity contribution in [1.82, 2.24) is 0 Å². The van der Waals surface area contributed by atoms with E-state index >= 15 is 0 Å². The van der Waals surface area contributed by atoms with Crippen LogP contribution < -0.4 is 10.5 Å². The van der Waals surface area contributed by atoms with Crippen LogP contribution in [-0.4, -0.2) is 18.8 Å². The average molecular weight is 219 g/mol. The Bertz CT molecular complexity index is 307. The summed E-state index contributed by atoms with van der Waals surface area (Å²) >= 11 is 0. The molecule has 0 radical (unpaired) electrons. The molecule has 5 heteroatoms. The third-order valence-corrected chi connectivity index (χ3v) is 1.88. The molecule has 0 fully saturated rings. The van der Waals surface area contributed by atoms with Crippen LogP contribution >= 0.6 is 0 Å². The fraction of sp³-hybridized carbons (Fsp3) is 0.400. The highest BCUT2D eigenvalue weighted by atomic mass is 19.4. The number of halogens is 3. The van der Waals surface area contributed by atoms with Crippen molar-refractivity contribution in [3.05, 3.63) is 29.8 Å². The lowest BCUT2D eigenvalue weighted by Gasteiger charge is -2.20. The van der Waals surface area contributed by atoms with Gasteiger partial charge in [0.15, 0.2) is 0 Å². The summed E-state index contributed by atoms with van der Waals surface area (Å²) in [6.45, 7) is 1.26. The summed E-state index contributed by atoms with van der Waals surface area (Å²) in [4.78, 5) is 0. The molecule has 1 rings (SSSR count). The van der Waals surface area contributed by atoms with E-state index in [2.05, 4.69) is 0 Å². The van der Waals surface area contributed by atoms with E-state index in [1.165, 1.54) is 12.1 Å². The summed E-state index contributed by atoms with van der Waals surface area (Å²) in [5.41, 5.74) is 5.95. The van der Waals surface area contributed by atoms with Gasteiger partial charge in [0.2, 0.25) is 6.10 Å². The summed E-state index contributed by atoms with van der Waals surface area (Å²) in [7, 11) is 0. The van der Waals surface area contributed by atoms with Gasteiger partial charge in [-0.15, -0.1) is 0 Å². The van der Waals surface area contributed by atoms with Gasteiger partial charge in [-0.3, -0.25) is 0 Å². The van der Waals surface area contributed by atoms with Crippen molar-refractivity contribution < 1.29 is 17.9 Å². The maximum Gasteiger partial charge on any atom is 0.426 e. The van der Waals surface area contributed by atoms with Crippen LogP contribution in [0.2, 0.25) is 0 Å². The van der Waals surface area contributed by atoms with E-state index < -0.39 is 18.8 Å². The molecule has 0 aromatic heterocycles. The van der Waals surface area contributed by atoms with E-state index in [0.717, 1.165) is 5.56 Å². The zero-order valence-electron chi connectivity index (χ0n) is 8.21. The number of rotatable bonds is 3. The van der Waals surface area contributed by atoms with E-state index in [-0.39, 0.29) is 5.75 Å². The maximum absolute atomic E-state index is 12.3. The third-order valence-electron chi connectivity index (χ3n) is 1.88. The van der Waals surface area contributed by atoms with Gasteiger partial charge in [-0.2, -0.15) is 13.2 Å². The first-order chi connectivity index (χ1) is 6.93. The molecule has 0 saturated carbocycles. The van der Waals surface area contributed by atoms with Crippen molar-refractivity contribution in [2.75, 3.05) is 6.54 Å². The first-order valence-electron chi connectivity index (χ1n) is 4.43. The fourth-order valence-corrected chi connectivity index (χ4v) is 1.03. The van der Waals surface area contributed by atoms with Crippen molar-refractivity contribution >= 4 is 0 Å². The van der Waals surface area contributed by atoms with Gasteiger partial charge in [0.1, 0.15) is 5.75 Å². The minimum atomic E-state index is -4.43. The molecule has 84 valence electrons. The van der Waals surface area contributed by atoms with Crippen LogP contribution in [-0.2, 0) is 0 Å². The Labute approximate surface area is 85.8 Å². The van der Waals surface area contributed by atoms with E-state index in [0.29, 0.717) is 0 Å². The maximum atomic E-state index is 12.3. The number of benzene rings is 1. The Morgan fingerprint density at radius 1 is 1.27 bits per heavy atom. The highest BCUT2D eigenvalue weighted by Crippen LogP contribution is 2.24. The van der Waals surface area contributed by atoms with Crippen LogP contribution in [0.1, 0.15) is 5.56 Å². The molecule has 1 unspecified atom stereocenters. The first-order valence-corrected chi connectivity index (χ1v) is 4.43. The van der Waals surface area contributed by atoms with Gasteiger partial charge in [-0.25, -0.2) is 0 Å². The second kappa shape index (κ2) is 4.53. The molecule has 2 nitrogen and oxygen atoms in total. The van der Waals surface area contributed by atoms with Crippen LogP contribution in [0.3, 0.4) is 0 Å². The Morgan fingerprint density at radius 2 is 1.80 bits per heavy atom. The van der Waals surface area contributed by atoms with Gasteiger partial charge >= 0.3 is 6.18 Å². The molecule has 0 aliphatic rings. The van der Waals surface area contributed by atoms with Crippen molar-refractivity contribution in [1.29, 1.82) is 0 Å². The molecule has 15 heavy (non-hydrogen) atoms. The molecule has 0 bridgehead atoms. The largest absolute Gasteiger partial charge is 0.480 e. The van der Waals surface area contributed by atoms with Gasteiger partial charge in [-0.05, 0) is 19.1 Å². The summed E-state index contributed by atoms with van der Waals surface area (Å²) < 4.78 is 41.6. The molecule has 0 aliphatic carbocycles. The number of hydrogen-bond donors (Lipinski definition) is 1. The third kappa shape index (κ3) is 3.43. The summed E-state index contributed by atoms with van der Waals surface area (Å²) in [6, 6.07) is 6.34. The number of ether oxygens (including phenoxy) is 1. The second-order valence-corrected chi connectivity index (χ2v) is 3.20. The van der Waals surface area contributed by atoms with Gasteiger partial charge in [0, 0.05) is 6.54 Å². The minimum Gasteiger partial charge on any atom is -0.480 e. The molecule has 0 aliphatic heterocycles. The zero-order valence-corrected chi connectivity index (χ0v) is 8.21. The van der Waals surface area contributed by atoms with Crippen molar-refractivity contribution in [3.8, 4) is 5.75 Å². The molecule has 1 aromatic rings. The Morgan fingerprint density at radius 3 is 2.20 bits per heavy atom. The topological polar surface area (TPSA) is 35.2 Å². The second-order valence-electron chi connectivity index (χ2n) is 3.20. The van der Waals surface area contributed by atoms with Crippen molar-refractivity contribution in [3.63, 3.8) is 0 Å². The average Bonchev–Trinajstić information content (AvgIpc) is 2.15. The molecule has 0 saturated heterocycles. The summed E-state index contributed by atoms with van der Waals surface area (Å²) in [5.74, 6) is 0.174. The highest BCUT2D eigenvalue weighted by Gasteiger charge is 2.40. The molecule has 1 aromatic carbocycles. The molecule has 2 N–H and O–H groups in total. The first kappa shape index (κ1) is 11.8.